The van der Waals surface area contributed by atoms with E-state index < -0.39 is 0 Å². The van der Waals surface area contributed by atoms with E-state index in [0.717, 1.165) is 42.8 Å². The van der Waals surface area contributed by atoms with Gasteiger partial charge in [0.1, 0.15) is 0 Å². The molecule has 0 unspecified atom stereocenters. The monoisotopic (exact) mass is 255 g/mol. The Bertz CT molecular complexity index is 343. The molecular formula is C12H21N3OS. The van der Waals surface area contributed by atoms with Crippen molar-refractivity contribution in [3.63, 3.8) is 0 Å². The number of anilines is 1. The SMILES string of the molecule is Cc1nc(NC(=O)CCCCCCN)sc1C. The maximum atomic E-state index is 11.6. The number of carbonyl (C=O) groups is 1. The summed E-state index contributed by atoms with van der Waals surface area (Å²) in [5, 5.41) is 3.55. The van der Waals surface area contributed by atoms with Gasteiger partial charge in [-0.25, -0.2) is 4.98 Å². The summed E-state index contributed by atoms with van der Waals surface area (Å²) in [5.74, 6) is 0.0616. The van der Waals surface area contributed by atoms with Crippen LogP contribution in [0.3, 0.4) is 0 Å². The Morgan fingerprint density at radius 1 is 1.29 bits per heavy atom. The van der Waals surface area contributed by atoms with Crippen LogP contribution in [0.2, 0.25) is 0 Å². The van der Waals surface area contributed by atoms with Gasteiger partial charge in [-0.05, 0) is 33.2 Å². The Morgan fingerprint density at radius 2 is 2.00 bits per heavy atom. The molecule has 0 spiro atoms. The van der Waals surface area contributed by atoms with E-state index in [-0.39, 0.29) is 5.91 Å². The van der Waals surface area contributed by atoms with Gasteiger partial charge in [-0.15, -0.1) is 11.3 Å². The van der Waals surface area contributed by atoms with Crippen LogP contribution in [0.4, 0.5) is 5.13 Å². The molecule has 1 heterocycles. The number of hydrogen-bond acceptors (Lipinski definition) is 4. The van der Waals surface area contributed by atoms with E-state index in [4.69, 9.17) is 5.73 Å². The fraction of sp³-hybridized carbons (Fsp3) is 0.667. The Balaban J connectivity index is 2.21. The summed E-state index contributed by atoms with van der Waals surface area (Å²) >= 11 is 1.53. The molecule has 1 aromatic heterocycles. The van der Waals surface area contributed by atoms with Gasteiger partial charge in [-0.1, -0.05) is 12.8 Å². The number of hydrogen-bond donors (Lipinski definition) is 2. The van der Waals surface area contributed by atoms with Crippen LogP contribution in [0.1, 0.15) is 42.7 Å². The predicted molar refractivity (Wildman–Crippen MR) is 72.4 cm³/mol. The molecule has 0 aliphatic rings. The van der Waals surface area contributed by atoms with Crippen molar-refractivity contribution in [3.05, 3.63) is 10.6 Å². The Kier molecular flexibility index (Phi) is 6.15. The highest BCUT2D eigenvalue weighted by Crippen LogP contribution is 2.21. The molecule has 0 bridgehead atoms. The second-order valence-electron chi connectivity index (χ2n) is 4.16. The summed E-state index contributed by atoms with van der Waals surface area (Å²) in [7, 11) is 0. The lowest BCUT2D eigenvalue weighted by atomic mass is 10.1. The van der Waals surface area contributed by atoms with Crippen LogP contribution in [-0.2, 0) is 4.79 Å². The summed E-state index contributed by atoms with van der Waals surface area (Å²) in [5.41, 5.74) is 6.40. The zero-order chi connectivity index (χ0) is 12.7. The quantitative estimate of drug-likeness (QED) is 0.736. The maximum Gasteiger partial charge on any atom is 0.226 e. The first-order chi connectivity index (χ1) is 8.13. The van der Waals surface area contributed by atoms with Gasteiger partial charge in [-0.3, -0.25) is 4.79 Å². The second-order valence-corrected chi connectivity index (χ2v) is 5.36. The molecule has 1 rings (SSSR count). The number of aromatic nitrogens is 1. The first kappa shape index (κ1) is 14.1. The number of nitrogens with one attached hydrogen (secondary N) is 1. The molecule has 0 radical (unpaired) electrons. The van der Waals surface area contributed by atoms with E-state index >= 15 is 0 Å². The molecule has 3 N–H and O–H groups in total. The molecule has 1 amide bonds. The first-order valence-corrected chi connectivity index (χ1v) is 6.89. The molecule has 17 heavy (non-hydrogen) atoms. The molecular weight excluding hydrogens is 234 g/mol. The maximum absolute atomic E-state index is 11.6. The highest BCUT2D eigenvalue weighted by atomic mass is 32.1. The first-order valence-electron chi connectivity index (χ1n) is 6.07. The van der Waals surface area contributed by atoms with Crippen LogP contribution in [0, 0.1) is 13.8 Å². The highest BCUT2D eigenvalue weighted by molar-refractivity contribution is 7.15. The fourth-order valence-corrected chi connectivity index (χ4v) is 2.32. The third kappa shape index (κ3) is 5.28. The van der Waals surface area contributed by atoms with E-state index in [1.54, 1.807) is 0 Å². The number of nitrogens with two attached hydrogens (primary N) is 1. The molecule has 0 aromatic carbocycles. The summed E-state index contributed by atoms with van der Waals surface area (Å²) in [6, 6.07) is 0. The van der Waals surface area contributed by atoms with Gasteiger partial charge in [0.05, 0.1) is 5.69 Å². The molecule has 1 aromatic rings. The summed E-state index contributed by atoms with van der Waals surface area (Å²) in [6.45, 7) is 4.70. The smallest absolute Gasteiger partial charge is 0.226 e. The Hall–Kier alpha value is -0.940. The molecule has 0 atom stereocenters. The van der Waals surface area contributed by atoms with E-state index in [1.807, 2.05) is 13.8 Å². The number of carbonyl (C=O) groups excluding carboxylic acids is 1. The van der Waals surface area contributed by atoms with Gasteiger partial charge in [0, 0.05) is 11.3 Å². The summed E-state index contributed by atoms with van der Waals surface area (Å²) in [4.78, 5) is 17.0. The van der Waals surface area contributed by atoms with Crippen LogP contribution in [0.5, 0.6) is 0 Å². The average molecular weight is 255 g/mol. The predicted octanol–water partition coefficient (Wildman–Crippen LogP) is 2.61. The molecule has 96 valence electrons. The standard InChI is InChI=1S/C12H21N3OS/c1-9-10(2)17-12(14-9)15-11(16)7-5-3-4-6-8-13/h3-8,13H2,1-2H3,(H,14,15,16). The molecule has 0 fully saturated rings. The number of aryl methyl sites for hydroxylation is 2. The normalized spacial score (nSPS) is 10.5. The van der Waals surface area contributed by atoms with Gasteiger partial charge in [0.15, 0.2) is 5.13 Å². The van der Waals surface area contributed by atoms with Gasteiger partial charge in [0.2, 0.25) is 5.91 Å². The van der Waals surface area contributed by atoms with Crippen LogP contribution in [0.25, 0.3) is 0 Å². The second kappa shape index (κ2) is 7.40. The lowest BCUT2D eigenvalue weighted by molar-refractivity contribution is -0.116. The molecule has 0 saturated carbocycles. The fourth-order valence-electron chi connectivity index (χ4n) is 1.49. The highest BCUT2D eigenvalue weighted by Gasteiger charge is 2.07. The largest absolute Gasteiger partial charge is 0.330 e. The average Bonchev–Trinajstić information content (AvgIpc) is 2.57. The van der Waals surface area contributed by atoms with Crippen LogP contribution in [-0.4, -0.2) is 17.4 Å². The van der Waals surface area contributed by atoms with Crippen molar-refractivity contribution < 1.29 is 4.79 Å². The summed E-state index contributed by atoms with van der Waals surface area (Å²) < 4.78 is 0. The van der Waals surface area contributed by atoms with E-state index in [1.165, 1.54) is 11.3 Å². The minimum absolute atomic E-state index is 0.0616. The molecule has 0 saturated heterocycles. The molecule has 0 aliphatic heterocycles. The van der Waals surface area contributed by atoms with E-state index in [0.29, 0.717) is 11.6 Å². The number of nitrogens with zero attached hydrogens (tertiary/aromatic N) is 1. The van der Waals surface area contributed by atoms with E-state index in [9.17, 15) is 4.79 Å². The van der Waals surface area contributed by atoms with Crippen molar-refractivity contribution in [1.29, 1.82) is 0 Å². The molecule has 0 aliphatic carbocycles. The topological polar surface area (TPSA) is 68.0 Å². The zero-order valence-corrected chi connectivity index (χ0v) is 11.4. The number of amides is 1. The van der Waals surface area contributed by atoms with Crippen LogP contribution < -0.4 is 11.1 Å². The molecule has 5 heteroatoms. The number of unbranched alkanes of at least 4 members (excludes halogenated alkanes) is 3. The van der Waals surface area contributed by atoms with Crippen molar-refractivity contribution in [2.24, 2.45) is 5.73 Å². The van der Waals surface area contributed by atoms with Crippen molar-refractivity contribution in [2.45, 2.75) is 46.0 Å². The Labute approximate surface area is 107 Å². The minimum atomic E-state index is 0.0616. The van der Waals surface area contributed by atoms with Crippen LogP contribution >= 0.6 is 11.3 Å². The zero-order valence-electron chi connectivity index (χ0n) is 10.6. The lowest BCUT2D eigenvalue weighted by Gasteiger charge is -2.01. The van der Waals surface area contributed by atoms with Crippen molar-refractivity contribution in [1.82, 2.24) is 4.98 Å². The lowest BCUT2D eigenvalue weighted by Crippen LogP contribution is -2.10. The third-order valence-corrected chi connectivity index (χ3v) is 3.62. The summed E-state index contributed by atoms with van der Waals surface area (Å²) in [6.07, 6.45) is 4.73. The minimum Gasteiger partial charge on any atom is -0.330 e. The van der Waals surface area contributed by atoms with Gasteiger partial charge >= 0.3 is 0 Å². The third-order valence-electron chi connectivity index (χ3n) is 2.63. The van der Waals surface area contributed by atoms with Gasteiger partial charge in [-0.2, -0.15) is 0 Å². The van der Waals surface area contributed by atoms with Crippen molar-refractivity contribution in [2.75, 3.05) is 11.9 Å². The van der Waals surface area contributed by atoms with Gasteiger partial charge < -0.3 is 11.1 Å². The van der Waals surface area contributed by atoms with Crippen molar-refractivity contribution in [3.8, 4) is 0 Å². The molecule has 4 nitrogen and oxygen atoms in total. The van der Waals surface area contributed by atoms with Gasteiger partial charge in [0.25, 0.3) is 0 Å². The number of rotatable bonds is 7. The van der Waals surface area contributed by atoms with Crippen LogP contribution in [0.15, 0.2) is 0 Å². The number of thiazole rings is 1. The van der Waals surface area contributed by atoms with Crippen molar-refractivity contribution >= 4 is 22.4 Å². The Morgan fingerprint density at radius 3 is 2.59 bits per heavy atom. The van der Waals surface area contributed by atoms with E-state index in [2.05, 4.69) is 10.3 Å².